The molecule has 1 N–H and O–H groups in total. The molecule has 0 aromatic heterocycles. The number of nitrogens with zero attached hydrogens (tertiary/aromatic N) is 3. The summed E-state index contributed by atoms with van der Waals surface area (Å²) in [5, 5.41) is 2.87. The first-order chi connectivity index (χ1) is 13.7. The quantitative estimate of drug-likeness (QED) is 0.668. The minimum absolute atomic E-state index is 0.0590. The molecule has 0 saturated carbocycles. The van der Waals surface area contributed by atoms with Crippen molar-refractivity contribution in [2.75, 3.05) is 66.1 Å². The maximum atomic E-state index is 12.4. The Labute approximate surface area is 167 Å². The van der Waals surface area contributed by atoms with E-state index in [-0.39, 0.29) is 11.8 Å². The normalized spacial score (nSPS) is 18.4. The Kier molecular flexibility index (Phi) is 7.82. The molecule has 1 aromatic carbocycles. The fourth-order valence-electron chi connectivity index (χ4n) is 3.77. The molecule has 2 fully saturated rings. The van der Waals surface area contributed by atoms with Gasteiger partial charge in [0.2, 0.25) is 5.91 Å². The van der Waals surface area contributed by atoms with Crippen LogP contribution in [0.5, 0.6) is 0 Å². The van der Waals surface area contributed by atoms with Gasteiger partial charge < -0.3 is 15.0 Å². The largest absolute Gasteiger partial charge is 0.383 e. The number of benzene rings is 1. The molecule has 3 rings (SSSR count). The van der Waals surface area contributed by atoms with Gasteiger partial charge in [0, 0.05) is 65.0 Å². The van der Waals surface area contributed by atoms with Gasteiger partial charge in [0.05, 0.1) is 13.2 Å². The van der Waals surface area contributed by atoms with E-state index >= 15 is 0 Å². The van der Waals surface area contributed by atoms with E-state index in [9.17, 15) is 9.59 Å². The van der Waals surface area contributed by atoms with Crippen molar-refractivity contribution in [1.29, 1.82) is 0 Å². The monoisotopic (exact) mass is 388 g/mol. The Morgan fingerprint density at radius 2 is 1.61 bits per heavy atom. The molecule has 0 spiro atoms. The summed E-state index contributed by atoms with van der Waals surface area (Å²) in [4.78, 5) is 30.8. The number of methoxy groups -OCH3 is 1. The number of likely N-dealkylation sites (tertiary alicyclic amines) is 1. The topological polar surface area (TPSA) is 65.1 Å². The van der Waals surface area contributed by atoms with Crippen LogP contribution in [0.2, 0.25) is 0 Å². The first-order valence-corrected chi connectivity index (χ1v) is 10.2. The number of piperazine rings is 1. The van der Waals surface area contributed by atoms with E-state index in [1.165, 1.54) is 5.56 Å². The molecule has 0 bridgehead atoms. The second-order valence-electron chi connectivity index (χ2n) is 7.59. The Bertz CT molecular complexity index is 636. The van der Waals surface area contributed by atoms with E-state index in [0.29, 0.717) is 19.7 Å². The lowest BCUT2D eigenvalue weighted by Crippen LogP contribution is -2.49. The summed E-state index contributed by atoms with van der Waals surface area (Å²) in [5.41, 5.74) is 2.01. The molecule has 0 radical (unpaired) electrons. The summed E-state index contributed by atoms with van der Waals surface area (Å²) in [6.07, 6.45) is 2.23. The van der Waals surface area contributed by atoms with E-state index in [2.05, 4.69) is 27.2 Å². The molecule has 2 amide bonds. The number of carbonyl (C=O) groups excluding carboxylic acids is 2. The molecule has 7 heteroatoms. The average molecular weight is 389 g/mol. The lowest BCUT2D eigenvalue weighted by Gasteiger charge is -2.34. The highest BCUT2D eigenvalue weighted by Gasteiger charge is 2.21. The molecule has 7 nitrogen and oxygen atoms in total. The van der Waals surface area contributed by atoms with Crippen LogP contribution in [0, 0.1) is 0 Å². The minimum atomic E-state index is 0.0590. The molecular weight excluding hydrogens is 356 g/mol. The van der Waals surface area contributed by atoms with Gasteiger partial charge in [0.15, 0.2) is 0 Å². The number of rotatable bonds is 8. The first-order valence-electron chi connectivity index (χ1n) is 10.2. The van der Waals surface area contributed by atoms with Gasteiger partial charge in [0.1, 0.15) is 0 Å². The van der Waals surface area contributed by atoms with E-state index in [4.69, 9.17) is 4.74 Å². The molecule has 28 heavy (non-hydrogen) atoms. The summed E-state index contributed by atoms with van der Waals surface area (Å²) in [7, 11) is 1.63. The average Bonchev–Trinajstić information content (AvgIpc) is 3.25. The maximum absolute atomic E-state index is 12.4. The van der Waals surface area contributed by atoms with Crippen LogP contribution in [0.1, 0.15) is 28.8 Å². The van der Waals surface area contributed by atoms with Crippen molar-refractivity contribution in [2.24, 2.45) is 0 Å². The number of ether oxygens (including phenoxy) is 1. The lowest BCUT2D eigenvalue weighted by molar-refractivity contribution is -0.122. The second-order valence-corrected chi connectivity index (χ2v) is 7.59. The standard InChI is InChI=1S/C21H32N4O3/c1-28-15-8-22-20(26)17-24-13-11-23(12-14-24)16-18-4-6-19(7-5-18)21(27)25-9-2-3-10-25/h4-7H,2-3,8-17H2,1H3,(H,22,26). The number of nitrogens with one attached hydrogen (secondary N) is 1. The van der Waals surface area contributed by atoms with Crippen LogP contribution < -0.4 is 5.32 Å². The summed E-state index contributed by atoms with van der Waals surface area (Å²) in [6, 6.07) is 8.05. The van der Waals surface area contributed by atoms with Crippen LogP contribution >= 0.6 is 0 Å². The summed E-state index contributed by atoms with van der Waals surface area (Å²) in [6.45, 7) is 7.88. The van der Waals surface area contributed by atoms with Gasteiger partial charge in [-0.1, -0.05) is 12.1 Å². The number of hydrogen-bond donors (Lipinski definition) is 1. The fraction of sp³-hybridized carbons (Fsp3) is 0.619. The van der Waals surface area contributed by atoms with Gasteiger partial charge in [-0.2, -0.15) is 0 Å². The minimum Gasteiger partial charge on any atom is -0.383 e. The van der Waals surface area contributed by atoms with Gasteiger partial charge >= 0.3 is 0 Å². The number of hydrogen-bond acceptors (Lipinski definition) is 5. The van der Waals surface area contributed by atoms with Crippen LogP contribution in [-0.2, 0) is 16.1 Å². The van der Waals surface area contributed by atoms with Crippen molar-refractivity contribution in [1.82, 2.24) is 20.0 Å². The van der Waals surface area contributed by atoms with Crippen molar-refractivity contribution in [3.05, 3.63) is 35.4 Å². The van der Waals surface area contributed by atoms with E-state index in [1.54, 1.807) is 7.11 Å². The highest BCUT2D eigenvalue weighted by Crippen LogP contribution is 2.15. The number of carbonyl (C=O) groups is 2. The molecule has 0 unspecified atom stereocenters. The van der Waals surface area contributed by atoms with Crippen molar-refractivity contribution in [3.8, 4) is 0 Å². The van der Waals surface area contributed by atoms with Crippen LogP contribution in [0.4, 0.5) is 0 Å². The molecule has 0 aliphatic carbocycles. The lowest BCUT2D eigenvalue weighted by atomic mass is 10.1. The third-order valence-electron chi connectivity index (χ3n) is 5.46. The van der Waals surface area contributed by atoms with Crippen molar-refractivity contribution < 1.29 is 14.3 Å². The maximum Gasteiger partial charge on any atom is 0.253 e. The highest BCUT2D eigenvalue weighted by atomic mass is 16.5. The zero-order chi connectivity index (χ0) is 19.8. The summed E-state index contributed by atoms with van der Waals surface area (Å²) < 4.78 is 4.94. The van der Waals surface area contributed by atoms with Crippen LogP contribution in [0.25, 0.3) is 0 Å². The van der Waals surface area contributed by atoms with Crippen LogP contribution in [0.15, 0.2) is 24.3 Å². The van der Waals surface area contributed by atoms with Crippen molar-refractivity contribution in [3.63, 3.8) is 0 Å². The molecule has 2 aliphatic heterocycles. The predicted octanol–water partition coefficient (Wildman–Crippen LogP) is 0.803. The fourth-order valence-corrected chi connectivity index (χ4v) is 3.77. The molecule has 1 aromatic rings. The Balaban J connectivity index is 1.39. The smallest absolute Gasteiger partial charge is 0.253 e. The van der Waals surface area contributed by atoms with E-state index < -0.39 is 0 Å². The Morgan fingerprint density at radius 1 is 0.964 bits per heavy atom. The zero-order valence-corrected chi connectivity index (χ0v) is 16.9. The number of amides is 2. The Morgan fingerprint density at radius 3 is 2.25 bits per heavy atom. The summed E-state index contributed by atoms with van der Waals surface area (Å²) in [5.74, 6) is 0.213. The van der Waals surface area contributed by atoms with Gasteiger partial charge in [-0.05, 0) is 30.5 Å². The first kappa shape index (κ1) is 20.8. The molecule has 2 heterocycles. The molecule has 154 valence electrons. The second kappa shape index (κ2) is 10.5. The van der Waals surface area contributed by atoms with E-state index in [0.717, 1.165) is 64.2 Å². The van der Waals surface area contributed by atoms with Crippen molar-refractivity contribution >= 4 is 11.8 Å². The zero-order valence-electron chi connectivity index (χ0n) is 16.9. The predicted molar refractivity (Wildman–Crippen MR) is 108 cm³/mol. The highest BCUT2D eigenvalue weighted by molar-refractivity contribution is 5.94. The Hall–Kier alpha value is -1.96. The molecule has 2 saturated heterocycles. The van der Waals surface area contributed by atoms with Crippen molar-refractivity contribution in [2.45, 2.75) is 19.4 Å². The third kappa shape index (κ3) is 6.02. The van der Waals surface area contributed by atoms with Gasteiger partial charge in [-0.15, -0.1) is 0 Å². The van der Waals surface area contributed by atoms with Gasteiger partial charge in [0.25, 0.3) is 5.91 Å². The molecule has 2 aliphatic rings. The summed E-state index contributed by atoms with van der Waals surface area (Å²) >= 11 is 0. The van der Waals surface area contributed by atoms with Gasteiger partial charge in [-0.25, -0.2) is 0 Å². The SMILES string of the molecule is COCCNC(=O)CN1CCN(Cc2ccc(C(=O)N3CCCC3)cc2)CC1. The van der Waals surface area contributed by atoms with Gasteiger partial charge in [-0.3, -0.25) is 19.4 Å². The van der Waals surface area contributed by atoms with Crippen LogP contribution in [-0.4, -0.2) is 92.6 Å². The molecule has 0 atom stereocenters. The molecular formula is C21H32N4O3. The third-order valence-corrected chi connectivity index (χ3v) is 5.46. The van der Waals surface area contributed by atoms with E-state index in [1.807, 2.05) is 17.0 Å². The van der Waals surface area contributed by atoms with Crippen LogP contribution in [0.3, 0.4) is 0 Å².